The van der Waals surface area contributed by atoms with Crippen LogP contribution in [-0.2, 0) is 0 Å². The Morgan fingerprint density at radius 1 is 1.28 bits per heavy atom. The van der Waals surface area contributed by atoms with Crippen LogP contribution in [0, 0.1) is 0 Å². The minimum absolute atomic E-state index is 0.408. The molecular formula is C14H19N3O. The number of pyridine rings is 1. The lowest BCUT2D eigenvalue weighted by Gasteiger charge is -2.33. The summed E-state index contributed by atoms with van der Waals surface area (Å²) in [5, 5.41) is 3.54. The molecule has 96 valence electrons. The standard InChI is InChI=1S/C14H19N3O/c15-14(18)13-12(9-3-1-4-9)11(7-8-16-13)17-10-5-2-6-10/h7-10H,1-6H2,(H2,15,18)(H,16,17). The van der Waals surface area contributed by atoms with Gasteiger partial charge in [-0.1, -0.05) is 6.42 Å². The van der Waals surface area contributed by atoms with Crippen LogP contribution in [0.4, 0.5) is 5.69 Å². The first-order valence-corrected chi connectivity index (χ1v) is 6.81. The van der Waals surface area contributed by atoms with E-state index in [-0.39, 0.29) is 0 Å². The fourth-order valence-electron chi connectivity index (χ4n) is 2.68. The SMILES string of the molecule is NC(=O)c1nccc(NC2CCC2)c1C1CCC1. The van der Waals surface area contributed by atoms with Crippen molar-refractivity contribution in [2.75, 3.05) is 5.32 Å². The van der Waals surface area contributed by atoms with E-state index in [1.54, 1.807) is 6.20 Å². The minimum atomic E-state index is -0.408. The quantitative estimate of drug-likeness (QED) is 0.856. The molecule has 3 rings (SSSR count). The second-order valence-corrected chi connectivity index (χ2v) is 5.39. The highest BCUT2D eigenvalue weighted by Crippen LogP contribution is 2.41. The molecule has 1 amide bonds. The Labute approximate surface area is 107 Å². The molecule has 4 nitrogen and oxygen atoms in total. The van der Waals surface area contributed by atoms with E-state index in [4.69, 9.17) is 5.73 Å². The molecule has 0 atom stereocenters. The molecule has 18 heavy (non-hydrogen) atoms. The van der Waals surface area contributed by atoms with Crippen molar-refractivity contribution in [2.45, 2.75) is 50.5 Å². The third-order valence-corrected chi connectivity index (χ3v) is 4.20. The summed E-state index contributed by atoms with van der Waals surface area (Å²) in [6, 6.07) is 2.55. The summed E-state index contributed by atoms with van der Waals surface area (Å²) in [6.45, 7) is 0. The van der Waals surface area contributed by atoms with Crippen molar-refractivity contribution >= 4 is 11.6 Å². The molecular weight excluding hydrogens is 226 g/mol. The second kappa shape index (κ2) is 4.59. The molecule has 4 heteroatoms. The zero-order valence-electron chi connectivity index (χ0n) is 10.5. The number of hydrogen-bond donors (Lipinski definition) is 2. The van der Waals surface area contributed by atoms with Gasteiger partial charge in [0.1, 0.15) is 5.69 Å². The van der Waals surface area contributed by atoms with E-state index in [9.17, 15) is 4.79 Å². The van der Waals surface area contributed by atoms with Crippen molar-refractivity contribution in [1.29, 1.82) is 0 Å². The van der Waals surface area contributed by atoms with Gasteiger partial charge in [0.2, 0.25) is 0 Å². The first-order valence-electron chi connectivity index (χ1n) is 6.81. The summed E-state index contributed by atoms with van der Waals surface area (Å²) in [6.07, 6.45) is 8.95. The summed E-state index contributed by atoms with van der Waals surface area (Å²) in [5.74, 6) is 0.0536. The van der Waals surface area contributed by atoms with Crippen LogP contribution in [0.5, 0.6) is 0 Å². The van der Waals surface area contributed by atoms with Crippen LogP contribution in [0.1, 0.15) is 60.5 Å². The predicted molar refractivity (Wildman–Crippen MR) is 70.6 cm³/mol. The lowest BCUT2D eigenvalue weighted by atomic mass is 9.78. The first-order chi connectivity index (χ1) is 8.75. The molecule has 2 aliphatic carbocycles. The molecule has 1 aromatic heterocycles. The average molecular weight is 245 g/mol. The van der Waals surface area contributed by atoms with Crippen LogP contribution in [-0.4, -0.2) is 16.9 Å². The van der Waals surface area contributed by atoms with E-state index in [0.717, 1.165) is 24.1 Å². The first kappa shape index (κ1) is 11.5. The molecule has 2 saturated carbocycles. The van der Waals surface area contributed by atoms with E-state index < -0.39 is 5.91 Å². The van der Waals surface area contributed by atoms with E-state index in [1.165, 1.54) is 25.7 Å². The zero-order valence-corrected chi connectivity index (χ0v) is 10.5. The van der Waals surface area contributed by atoms with Gasteiger partial charge in [-0.2, -0.15) is 0 Å². The number of nitrogens with two attached hydrogens (primary N) is 1. The fraction of sp³-hybridized carbons (Fsp3) is 0.571. The number of anilines is 1. The number of rotatable bonds is 4. The summed E-state index contributed by atoms with van der Waals surface area (Å²) in [4.78, 5) is 15.7. The van der Waals surface area contributed by atoms with E-state index in [1.807, 2.05) is 6.07 Å². The number of nitrogens with zero attached hydrogens (tertiary/aromatic N) is 1. The summed E-state index contributed by atoms with van der Waals surface area (Å²) in [5.41, 5.74) is 8.05. The normalized spacial score (nSPS) is 20.0. The smallest absolute Gasteiger partial charge is 0.267 e. The van der Waals surface area contributed by atoms with Crippen molar-refractivity contribution in [1.82, 2.24) is 4.98 Å². The molecule has 0 spiro atoms. The maximum atomic E-state index is 11.5. The summed E-state index contributed by atoms with van der Waals surface area (Å²) < 4.78 is 0. The predicted octanol–water partition coefficient (Wildman–Crippen LogP) is 2.41. The van der Waals surface area contributed by atoms with Crippen LogP contribution < -0.4 is 11.1 Å². The molecule has 2 aliphatic rings. The van der Waals surface area contributed by atoms with Crippen molar-refractivity contribution in [3.05, 3.63) is 23.5 Å². The molecule has 1 heterocycles. The average Bonchev–Trinajstić information content (AvgIpc) is 2.22. The number of nitrogens with one attached hydrogen (secondary N) is 1. The Hall–Kier alpha value is -1.58. The largest absolute Gasteiger partial charge is 0.382 e. The molecule has 0 saturated heterocycles. The minimum Gasteiger partial charge on any atom is -0.382 e. The van der Waals surface area contributed by atoms with E-state index in [2.05, 4.69) is 10.3 Å². The molecule has 0 aromatic carbocycles. The zero-order chi connectivity index (χ0) is 12.5. The van der Waals surface area contributed by atoms with E-state index >= 15 is 0 Å². The summed E-state index contributed by atoms with van der Waals surface area (Å²) in [7, 11) is 0. The Kier molecular flexibility index (Phi) is 2.94. The lowest BCUT2D eigenvalue weighted by Crippen LogP contribution is -2.29. The highest BCUT2D eigenvalue weighted by Gasteiger charge is 2.29. The highest BCUT2D eigenvalue weighted by atomic mass is 16.1. The second-order valence-electron chi connectivity index (χ2n) is 5.39. The van der Waals surface area contributed by atoms with Gasteiger partial charge in [-0.3, -0.25) is 9.78 Å². The third-order valence-electron chi connectivity index (χ3n) is 4.20. The number of hydrogen-bond acceptors (Lipinski definition) is 3. The number of amides is 1. The Bertz CT molecular complexity index is 464. The number of aromatic nitrogens is 1. The Morgan fingerprint density at radius 3 is 2.50 bits per heavy atom. The van der Waals surface area contributed by atoms with Crippen molar-refractivity contribution in [2.24, 2.45) is 5.73 Å². The Morgan fingerprint density at radius 2 is 2.00 bits per heavy atom. The number of carbonyl (C=O) groups excluding carboxylic acids is 1. The molecule has 0 unspecified atom stereocenters. The molecule has 1 aromatic rings. The van der Waals surface area contributed by atoms with Gasteiger partial charge in [0.25, 0.3) is 5.91 Å². The van der Waals surface area contributed by atoms with Gasteiger partial charge in [0.05, 0.1) is 0 Å². The fourth-order valence-corrected chi connectivity index (χ4v) is 2.68. The van der Waals surface area contributed by atoms with Crippen molar-refractivity contribution in [3.8, 4) is 0 Å². The number of carbonyl (C=O) groups is 1. The van der Waals surface area contributed by atoms with Gasteiger partial charge in [-0.25, -0.2) is 0 Å². The van der Waals surface area contributed by atoms with Gasteiger partial charge in [-0.15, -0.1) is 0 Å². The van der Waals surface area contributed by atoms with Crippen LogP contribution in [0.25, 0.3) is 0 Å². The molecule has 0 aliphatic heterocycles. The lowest BCUT2D eigenvalue weighted by molar-refractivity contribution is 0.0993. The maximum Gasteiger partial charge on any atom is 0.267 e. The van der Waals surface area contributed by atoms with Crippen LogP contribution in [0.15, 0.2) is 12.3 Å². The van der Waals surface area contributed by atoms with Gasteiger partial charge in [-0.05, 0) is 44.1 Å². The molecule has 3 N–H and O–H groups in total. The van der Waals surface area contributed by atoms with Gasteiger partial charge in [0, 0.05) is 23.5 Å². The van der Waals surface area contributed by atoms with Gasteiger partial charge < -0.3 is 11.1 Å². The molecule has 0 bridgehead atoms. The molecule has 2 fully saturated rings. The van der Waals surface area contributed by atoms with Gasteiger partial charge in [0.15, 0.2) is 0 Å². The summed E-state index contributed by atoms with van der Waals surface area (Å²) >= 11 is 0. The monoisotopic (exact) mass is 245 g/mol. The van der Waals surface area contributed by atoms with Gasteiger partial charge >= 0.3 is 0 Å². The molecule has 0 radical (unpaired) electrons. The highest BCUT2D eigenvalue weighted by molar-refractivity contribution is 5.94. The number of primary amides is 1. The van der Waals surface area contributed by atoms with Crippen LogP contribution in [0.2, 0.25) is 0 Å². The Balaban J connectivity index is 1.94. The maximum absolute atomic E-state index is 11.5. The van der Waals surface area contributed by atoms with Crippen molar-refractivity contribution in [3.63, 3.8) is 0 Å². The van der Waals surface area contributed by atoms with Crippen molar-refractivity contribution < 1.29 is 4.79 Å². The van der Waals surface area contributed by atoms with Crippen LogP contribution in [0.3, 0.4) is 0 Å². The van der Waals surface area contributed by atoms with Crippen LogP contribution >= 0.6 is 0 Å². The van der Waals surface area contributed by atoms with E-state index in [0.29, 0.717) is 17.7 Å². The topological polar surface area (TPSA) is 68.0 Å². The third kappa shape index (κ3) is 1.96.